The van der Waals surface area contributed by atoms with Gasteiger partial charge in [0.2, 0.25) is 0 Å². The Hall–Kier alpha value is -0.340. The molecular formula is C12H22O2. The van der Waals surface area contributed by atoms with Crippen LogP contribution in [0, 0.1) is 10.8 Å². The summed E-state index contributed by atoms with van der Waals surface area (Å²) in [6.45, 7) is 4.58. The highest BCUT2D eigenvalue weighted by molar-refractivity contribution is 5.09. The lowest BCUT2D eigenvalue weighted by Gasteiger charge is -2.50. The van der Waals surface area contributed by atoms with Crippen molar-refractivity contribution in [3.8, 4) is 0 Å². The molecule has 14 heavy (non-hydrogen) atoms. The van der Waals surface area contributed by atoms with Crippen molar-refractivity contribution in [2.75, 3.05) is 13.2 Å². The highest BCUT2D eigenvalue weighted by Crippen LogP contribution is 2.52. The molecule has 0 fully saturated rings. The van der Waals surface area contributed by atoms with Crippen LogP contribution in [-0.2, 0) is 0 Å². The average molecular weight is 198 g/mol. The number of allylic oxidation sites excluding steroid dienone is 2. The Labute approximate surface area is 86.6 Å². The van der Waals surface area contributed by atoms with Gasteiger partial charge in [-0.2, -0.15) is 0 Å². The summed E-state index contributed by atoms with van der Waals surface area (Å²) in [7, 11) is 0. The molecule has 2 nitrogen and oxygen atoms in total. The highest BCUT2D eigenvalue weighted by atomic mass is 16.3. The zero-order valence-electron chi connectivity index (χ0n) is 9.29. The molecule has 82 valence electrons. The summed E-state index contributed by atoms with van der Waals surface area (Å²) in [6, 6.07) is 0. The molecule has 0 radical (unpaired) electrons. The van der Waals surface area contributed by atoms with Crippen LogP contribution in [0.3, 0.4) is 0 Å². The second-order valence-electron chi connectivity index (χ2n) is 4.46. The summed E-state index contributed by atoms with van der Waals surface area (Å²) in [5, 5.41) is 19.2. The van der Waals surface area contributed by atoms with E-state index >= 15 is 0 Å². The van der Waals surface area contributed by atoms with Gasteiger partial charge >= 0.3 is 0 Å². The molecular weight excluding hydrogens is 176 g/mol. The highest BCUT2D eigenvalue weighted by Gasteiger charge is 2.48. The van der Waals surface area contributed by atoms with E-state index in [2.05, 4.69) is 26.0 Å². The van der Waals surface area contributed by atoms with Gasteiger partial charge in [0.25, 0.3) is 0 Å². The smallest absolute Gasteiger partial charge is 0.0496 e. The van der Waals surface area contributed by atoms with Crippen LogP contribution in [0.15, 0.2) is 12.2 Å². The molecule has 2 atom stereocenters. The van der Waals surface area contributed by atoms with Crippen LogP contribution in [0.2, 0.25) is 0 Å². The van der Waals surface area contributed by atoms with Gasteiger partial charge in [-0.1, -0.05) is 26.0 Å². The van der Waals surface area contributed by atoms with Crippen LogP contribution in [-0.4, -0.2) is 23.4 Å². The normalized spacial score (nSPS) is 37.4. The zero-order valence-corrected chi connectivity index (χ0v) is 9.29. The van der Waals surface area contributed by atoms with Crippen LogP contribution in [0.1, 0.15) is 39.5 Å². The van der Waals surface area contributed by atoms with E-state index in [9.17, 15) is 10.2 Å². The van der Waals surface area contributed by atoms with Crippen molar-refractivity contribution in [1.82, 2.24) is 0 Å². The molecule has 0 aliphatic heterocycles. The number of rotatable bonds is 4. The van der Waals surface area contributed by atoms with Crippen molar-refractivity contribution >= 4 is 0 Å². The summed E-state index contributed by atoms with van der Waals surface area (Å²) in [5.41, 5.74) is -0.212. The van der Waals surface area contributed by atoms with E-state index in [4.69, 9.17) is 0 Å². The molecule has 2 N–H and O–H groups in total. The minimum absolute atomic E-state index is 0.106. The van der Waals surface area contributed by atoms with E-state index in [0.29, 0.717) is 0 Å². The second kappa shape index (κ2) is 4.45. The minimum Gasteiger partial charge on any atom is -0.396 e. The third-order valence-corrected chi connectivity index (χ3v) is 4.27. The molecule has 2 unspecified atom stereocenters. The van der Waals surface area contributed by atoms with Crippen LogP contribution in [0.5, 0.6) is 0 Å². The molecule has 1 aliphatic rings. The maximum atomic E-state index is 9.59. The van der Waals surface area contributed by atoms with E-state index in [1.165, 1.54) is 0 Å². The largest absolute Gasteiger partial charge is 0.396 e. The predicted molar refractivity (Wildman–Crippen MR) is 58.0 cm³/mol. The average Bonchev–Trinajstić information content (AvgIpc) is 2.28. The first-order valence-corrected chi connectivity index (χ1v) is 5.57. The van der Waals surface area contributed by atoms with Crippen LogP contribution in [0.25, 0.3) is 0 Å². The van der Waals surface area contributed by atoms with Gasteiger partial charge in [-0.15, -0.1) is 0 Å². The number of hydrogen-bond acceptors (Lipinski definition) is 2. The Morgan fingerprint density at radius 1 is 0.929 bits per heavy atom. The van der Waals surface area contributed by atoms with Gasteiger partial charge in [-0.3, -0.25) is 0 Å². The Morgan fingerprint density at radius 2 is 1.29 bits per heavy atom. The van der Waals surface area contributed by atoms with Crippen LogP contribution < -0.4 is 0 Å². The third kappa shape index (κ3) is 1.51. The lowest BCUT2D eigenvalue weighted by atomic mass is 9.56. The van der Waals surface area contributed by atoms with E-state index in [1.807, 2.05) is 0 Å². The van der Waals surface area contributed by atoms with Gasteiger partial charge < -0.3 is 10.2 Å². The Morgan fingerprint density at radius 3 is 1.50 bits per heavy atom. The maximum absolute atomic E-state index is 9.59. The lowest BCUT2D eigenvalue weighted by Crippen LogP contribution is -2.47. The molecule has 0 aromatic heterocycles. The lowest BCUT2D eigenvalue weighted by molar-refractivity contribution is -0.0647. The molecule has 1 aliphatic carbocycles. The number of aliphatic hydroxyl groups excluding tert-OH is 2. The molecule has 0 aromatic carbocycles. The van der Waals surface area contributed by atoms with Crippen molar-refractivity contribution in [3.05, 3.63) is 12.2 Å². The zero-order chi connectivity index (χ0) is 10.7. The first-order valence-electron chi connectivity index (χ1n) is 5.57. The van der Waals surface area contributed by atoms with Gasteiger partial charge in [-0.25, -0.2) is 0 Å². The molecule has 0 saturated carbocycles. The summed E-state index contributed by atoms with van der Waals surface area (Å²) < 4.78 is 0. The van der Waals surface area contributed by atoms with E-state index in [-0.39, 0.29) is 24.0 Å². The molecule has 0 spiro atoms. The Balaban J connectivity index is 3.04. The van der Waals surface area contributed by atoms with Gasteiger partial charge in [0, 0.05) is 24.0 Å². The standard InChI is InChI=1S/C12H22O2/c1-3-11(9-13)7-5-6-8-12(11,4-2)10-14/h5-6,13-14H,3-4,7-10H2,1-2H3. The number of hydrogen-bond donors (Lipinski definition) is 2. The fourth-order valence-corrected chi connectivity index (χ4v) is 2.78. The maximum Gasteiger partial charge on any atom is 0.0496 e. The van der Waals surface area contributed by atoms with E-state index in [1.54, 1.807) is 0 Å². The fraction of sp³-hybridized carbons (Fsp3) is 0.833. The van der Waals surface area contributed by atoms with Gasteiger partial charge in [-0.05, 0) is 25.7 Å². The summed E-state index contributed by atoms with van der Waals surface area (Å²) in [5.74, 6) is 0. The molecule has 2 heteroatoms. The minimum atomic E-state index is -0.106. The molecule has 1 rings (SSSR count). The number of aliphatic hydroxyl groups is 2. The Bertz CT molecular complexity index is 178. The third-order valence-electron chi connectivity index (χ3n) is 4.27. The summed E-state index contributed by atoms with van der Waals surface area (Å²) >= 11 is 0. The van der Waals surface area contributed by atoms with E-state index in [0.717, 1.165) is 25.7 Å². The van der Waals surface area contributed by atoms with Gasteiger partial charge in [0.1, 0.15) is 0 Å². The second-order valence-corrected chi connectivity index (χ2v) is 4.46. The van der Waals surface area contributed by atoms with Crippen molar-refractivity contribution < 1.29 is 10.2 Å². The topological polar surface area (TPSA) is 40.5 Å². The molecule has 0 saturated heterocycles. The first kappa shape index (κ1) is 11.7. The molecule has 0 amide bonds. The SMILES string of the molecule is CCC1(CO)CC=CCC1(CC)CO. The monoisotopic (exact) mass is 198 g/mol. The van der Waals surface area contributed by atoms with Crippen LogP contribution in [0.4, 0.5) is 0 Å². The van der Waals surface area contributed by atoms with Gasteiger partial charge in [0.05, 0.1) is 0 Å². The summed E-state index contributed by atoms with van der Waals surface area (Å²) in [4.78, 5) is 0. The quantitative estimate of drug-likeness (QED) is 0.679. The van der Waals surface area contributed by atoms with Crippen molar-refractivity contribution in [1.29, 1.82) is 0 Å². The molecule has 0 heterocycles. The van der Waals surface area contributed by atoms with Crippen molar-refractivity contribution in [2.45, 2.75) is 39.5 Å². The first-order chi connectivity index (χ1) is 6.70. The van der Waals surface area contributed by atoms with Gasteiger partial charge in [0.15, 0.2) is 0 Å². The fourth-order valence-electron chi connectivity index (χ4n) is 2.78. The molecule has 0 aromatic rings. The Kier molecular flexibility index (Phi) is 3.73. The van der Waals surface area contributed by atoms with E-state index < -0.39 is 0 Å². The van der Waals surface area contributed by atoms with Crippen LogP contribution >= 0.6 is 0 Å². The molecule has 0 bridgehead atoms. The predicted octanol–water partition coefficient (Wildman–Crippen LogP) is 2.11. The summed E-state index contributed by atoms with van der Waals surface area (Å²) in [6.07, 6.45) is 7.94. The van der Waals surface area contributed by atoms with Crippen molar-refractivity contribution in [3.63, 3.8) is 0 Å². The van der Waals surface area contributed by atoms with Crippen molar-refractivity contribution in [2.24, 2.45) is 10.8 Å².